The SMILES string of the molecule is CC(C)(O)CN1CCc2ccccc2C1(C)C. The Kier molecular flexibility index (Phi) is 3.04. The van der Waals surface area contributed by atoms with Gasteiger partial charge in [-0.25, -0.2) is 0 Å². The van der Waals surface area contributed by atoms with Crippen LogP contribution in [-0.4, -0.2) is 28.7 Å². The lowest BCUT2D eigenvalue weighted by atomic mass is 9.82. The van der Waals surface area contributed by atoms with Gasteiger partial charge in [-0.15, -0.1) is 0 Å². The molecule has 0 saturated carbocycles. The smallest absolute Gasteiger partial charge is 0.0718 e. The van der Waals surface area contributed by atoms with Gasteiger partial charge in [0.15, 0.2) is 0 Å². The van der Waals surface area contributed by atoms with Gasteiger partial charge in [-0.05, 0) is 45.2 Å². The van der Waals surface area contributed by atoms with Crippen molar-refractivity contribution in [1.29, 1.82) is 0 Å². The number of β-amino-alcohol motifs (C(OH)–C–C–N with tert-alkyl or cyclic N) is 1. The van der Waals surface area contributed by atoms with Crippen LogP contribution in [0.1, 0.15) is 38.8 Å². The fraction of sp³-hybridized carbons (Fsp3) is 0.600. The normalized spacial score (nSPS) is 20.1. The molecular weight excluding hydrogens is 210 g/mol. The van der Waals surface area contributed by atoms with Crippen molar-refractivity contribution in [3.63, 3.8) is 0 Å². The molecule has 0 fully saturated rings. The van der Waals surface area contributed by atoms with E-state index in [-0.39, 0.29) is 5.54 Å². The second-order valence-corrected chi connectivity index (χ2v) is 6.20. The number of fused-ring (bicyclic) bond motifs is 1. The van der Waals surface area contributed by atoms with E-state index in [1.165, 1.54) is 11.1 Å². The molecule has 1 aromatic carbocycles. The fourth-order valence-electron chi connectivity index (χ4n) is 2.78. The average Bonchev–Trinajstić information content (AvgIpc) is 2.21. The standard InChI is InChI=1S/C15H23NO/c1-14(2,17)11-16-10-9-12-7-5-6-8-13(12)15(16,3)4/h5-8,17H,9-11H2,1-4H3. The van der Waals surface area contributed by atoms with Crippen LogP contribution in [0.15, 0.2) is 24.3 Å². The molecule has 1 heterocycles. The number of nitrogens with zero attached hydrogens (tertiary/aromatic N) is 1. The summed E-state index contributed by atoms with van der Waals surface area (Å²) in [6.07, 6.45) is 1.08. The van der Waals surface area contributed by atoms with Gasteiger partial charge in [-0.1, -0.05) is 24.3 Å². The highest BCUT2D eigenvalue weighted by molar-refractivity contribution is 5.35. The summed E-state index contributed by atoms with van der Waals surface area (Å²) >= 11 is 0. The van der Waals surface area contributed by atoms with Crippen LogP contribution in [0.25, 0.3) is 0 Å². The van der Waals surface area contributed by atoms with Gasteiger partial charge in [0.25, 0.3) is 0 Å². The summed E-state index contributed by atoms with van der Waals surface area (Å²) in [6.45, 7) is 9.99. The van der Waals surface area contributed by atoms with Crippen LogP contribution >= 0.6 is 0 Å². The molecule has 1 aromatic rings. The van der Waals surface area contributed by atoms with Gasteiger partial charge < -0.3 is 5.11 Å². The van der Waals surface area contributed by atoms with E-state index in [2.05, 4.69) is 43.0 Å². The van der Waals surface area contributed by atoms with Gasteiger partial charge in [0, 0.05) is 18.6 Å². The molecule has 0 spiro atoms. The lowest BCUT2D eigenvalue weighted by Gasteiger charge is -2.46. The number of hydrogen-bond acceptors (Lipinski definition) is 2. The highest BCUT2D eigenvalue weighted by Crippen LogP contribution is 2.35. The minimum atomic E-state index is -0.635. The maximum absolute atomic E-state index is 10.0. The minimum absolute atomic E-state index is 0.00877. The Balaban J connectivity index is 2.31. The molecule has 94 valence electrons. The molecule has 0 saturated heterocycles. The van der Waals surface area contributed by atoms with Crippen LogP contribution in [0.2, 0.25) is 0 Å². The van der Waals surface area contributed by atoms with Gasteiger partial charge in [0.2, 0.25) is 0 Å². The summed E-state index contributed by atoms with van der Waals surface area (Å²) < 4.78 is 0. The van der Waals surface area contributed by atoms with Crippen molar-refractivity contribution < 1.29 is 5.11 Å². The van der Waals surface area contributed by atoms with Crippen molar-refractivity contribution >= 4 is 0 Å². The topological polar surface area (TPSA) is 23.5 Å². The van der Waals surface area contributed by atoms with Crippen LogP contribution in [-0.2, 0) is 12.0 Å². The molecule has 2 rings (SSSR count). The summed E-state index contributed by atoms with van der Waals surface area (Å²) in [5.41, 5.74) is 2.22. The van der Waals surface area contributed by atoms with Gasteiger partial charge in [-0.2, -0.15) is 0 Å². The molecule has 2 nitrogen and oxygen atoms in total. The van der Waals surface area contributed by atoms with E-state index >= 15 is 0 Å². The van der Waals surface area contributed by atoms with Crippen LogP contribution in [0, 0.1) is 0 Å². The summed E-state index contributed by atoms with van der Waals surface area (Å²) in [5.74, 6) is 0. The van der Waals surface area contributed by atoms with E-state index in [1.54, 1.807) is 0 Å². The predicted octanol–water partition coefficient (Wildman–Crippen LogP) is 2.55. The van der Waals surface area contributed by atoms with Crippen molar-refractivity contribution in [1.82, 2.24) is 4.90 Å². The zero-order valence-corrected chi connectivity index (χ0v) is 11.3. The third-order valence-electron chi connectivity index (χ3n) is 3.70. The Morgan fingerprint density at radius 2 is 1.94 bits per heavy atom. The molecular formula is C15H23NO. The molecule has 0 aliphatic carbocycles. The number of hydrogen-bond donors (Lipinski definition) is 1. The molecule has 1 N–H and O–H groups in total. The Hall–Kier alpha value is -0.860. The van der Waals surface area contributed by atoms with Crippen molar-refractivity contribution in [3.05, 3.63) is 35.4 Å². The third-order valence-corrected chi connectivity index (χ3v) is 3.70. The van der Waals surface area contributed by atoms with E-state index in [4.69, 9.17) is 0 Å². The first-order valence-electron chi connectivity index (χ1n) is 6.36. The van der Waals surface area contributed by atoms with Gasteiger partial charge in [-0.3, -0.25) is 4.90 Å². The maximum Gasteiger partial charge on any atom is 0.0718 e. The van der Waals surface area contributed by atoms with Crippen LogP contribution in [0.5, 0.6) is 0 Å². The minimum Gasteiger partial charge on any atom is -0.389 e. The number of benzene rings is 1. The molecule has 0 unspecified atom stereocenters. The Bertz CT molecular complexity index is 404. The molecule has 0 radical (unpaired) electrons. The van der Waals surface area contributed by atoms with Crippen molar-refractivity contribution in [2.24, 2.45) is 0 Å². The Labute approximate surface area is 104 Å². The summed E-state index contributed by atoms with van der Waals surface area (Å²) in [4.78, 5) is 2.38. The molecule has 1 aliphatic rings. The fourth-order valence-corrected chi connectivity index (χ4v) is 2.78. The monoisotopic (exact) mass is 233 g/mol. The molecule has 2 heteroatoms. The van der Waals surface area contributed by atoms with E-state index in [1.807, 2.05) is 13.8 Å². The van der Waals surface area contributed by atoms with E-state index in [9.17, 15) is 5.11 Å². The van der Waals surface area contributed by atoms with Crippen molar-refractivity contribution in [3.8, 4) is 0 Å². The second-order valence-electron chi connectivity index (χ2n) is 6.20. The highest BCUT2D eigenvalue weighted by Gasteiger charge is 2.36. The average molecular weight is 233 g/mol. The molecule has 1 aliphatic heterocycles. The zero-order chi connectivity index (χ0) is 12.7. The largest absolute Gasteiger partial charge is 0.389 e. The lowest BCUT2D eigenvalue weighted by Crippen LogP contribution is -2.51. The van der Waals surface area contributed by atoms with E-state index in [0.29, 0.717) is 6.54 Å². The molecule has 0 amide bonds. The first-order chi connectivity index (χ1) is 7.81. The zero-order valence-electron chi connectivity index (χ0n) is 11.3. The summed E-state index contributed by atoms with van der Waals surface area (Å²) in [5, 5.41) is 10.0. The summed E-state index contributed by atoms with van der Waals surface area (Å²) in [6, 6.07) is 8.65. The second kappa shape index (κ2) is 4.11. The summed E-state index contributed by atoms with van der Waals surface area (Å²) in [7, 11) is 0. The van der Waals surface area contributed by atoms with Gasteiger partial charge in [0.1, 0.15) is 0 Å². The maximum atomic E-state index is 10.0. The molecule has 0 bridgehead atoms. The van der Waals surface area contributed by atoms with Crippen LogP contribution in [0.4, 0.5) is 0 Å². The quantitative estimate of drug-likeness (QED) is 0.848. The third kappa shape index (κ3) is 2.53. The molecule has 0 atom stereocenters. The van der Waals surface area contributed by atoms with Crippen LogP contribution in [0.3, 0.4) is 0 Å². The molecule has 17 heavy (non-hydrogen) atoms. The van der Waals surface area contributed by atoms with Gasteiger partial charge >= 0.3 is 0 Å². The van der Waals surface area contributed by atoms with Crippen LogP contribution < -0.4 is 0 Å². The van der Waals surface area contributed by atoms with Gasteiger partial charge in [0.05, 0.1) is 5.60 Å². The van der Waals surface area contributed by atoms with E-state index < -0.39 is 5.60 Å². The predicted molar refractivity (Wildman–Crippen MR) is 71.0 cm³/mol. The lowest BCUT2D eigenvalue weighted by molar-refractivity contribution is -0.00739. The first kappa shape index (κ1) is 12.6. The number of aliphatic hydroxyl groups is 1. The Morgan fingerprint density at radius 1 is 1.29 bits per heavy atom. The first-order valence-corrected chi connectivity index (χ1v) is 6.36. The Morgan fingerprint density at radius 3 is 2.59 bits per heavy atom. The molecule has 0 aromatic heterocycles. The van der Waals surface area contributed by atoms with Crippen molar-refractivity contribution in [2.45, 2.75) is 45.3 Å². The highest BCUT2D eigenvalue weighted by atomic mass is 16.3. The number of rotatable bonds is 2. The van der Waals surface area contributed by atoms with Crippen molar-refractivity contribution in [2.75, 3.05) is 13.1 Å². The van der Waals surface area contributed by atoms with E-state index in [0.717, 1.165) is 13.0 Å².